The molecule has 5 heteroatoms. The van der Waals surface area contributed by atoms with Crippen molar-refractivity contribution < 1.29 is 9.53 Å². The predicted octanol–water partition coefficient (Wildman–Crippen LogP) is 6.91. The fraction of sp³-hybridized carbons (Fsp3) is 0.0455. The molecule has 0 aliphatic heterocycles. The SMILES string of the molecule is Cc1ccc2c(Cl)c(C(=O)Nc3ccc(Oc4ccccc4)cc3)sc2c1. The molecule has 3 aromatic carbocycles. The van der Waals surface area contributed by atoms with Crippen molar-refractivity contribution >= 4 is 44.6 Å². The number of para-hydroxylation sites is 1. The van der Waals surface area contributed by atoms with Crippen LogP contribution in [0.15, 0.2) is 72.8 Å². The van der Waals surface area contributed by atoms with Crippen LogP contribution in [0, 0.1) is 6.92 Å². The summed E-state index contributed by atoms with van der Waals surface area (Å²) in [6, 6.07) is 22.8. The molecule has 0 aliphatic carbocycles. The molecule has 1 aromatic heterocycles. The third-order valence-corrected chi connectivity index (χ3v) is 5.74. The Morgan fingerprint density at radius 1 is 0.963 bits per heavy atom. The molecule has 0 unspecified atom stereocenters. The minimum Gasteiger partial charge on any atom is -0.457 e. The lowest BCUT2D eigenvalue weighted by Crippen LogP contribution is -2.10. The molecule has 0 saturated carbocycles. The zero-order chi connectivity index (χ0) is 18.8. The van der Waals surface area contributed by atoms with E-state index in [4.69, 9.17) is 16.3 Å². The molecule has 0 radical (unpaired) electrons. The van der Waals surface area contributed by atoms with Crippen molar-refractivity contribution in [1.82, 2.24) is 0 Å². The predicted molar refractivity (Wildman–Crippen MR) is 112 cm³/mol. The topological polar surface area (TPSA) is 38.3 Å². The van der Waals surface area contributed by atoms with Gasteiger partial charge in [0, 0.05) is 15.8 Å². The Bertz CT molecular complexity index is 1100. The third kappa shape index (κ3) is 3.82. The molecule has 3 nitrogen and oxygen atoms in total. The first kappa shape index (κ1) is 17.6. The highest BCUT2D eigenvalue weighted by Gasteiger charge is 2.17. The first-order valence-corrected chi connectivity index (χ1v) is 9.62. The van der Waals surface area contributed by atoms with E-state index in [9.17, 15) is 4.79 Å². The molecule has 1 heterocycles. The Hall–Kier alpha value is -2.82. The van der Waals surface area contributed by atoms with Crippen LogP contribution < -0.4 is 10.1 Å². The quantitative estimate of drug-likeness (QED) is 0.409. The number of hydrogen-bond acceptors (Lipinski definition) is 3. The van der Waals surface area contributed by atoms with Gasteiger partial charge in [0.2, 0.25) is 0 Å². The van der Waals surface area contributed by atoms with E-state index in [-0.39, 0.29) is 5.91 Å². The molecule has 0 saturated heterocycles. The van der Waals surface area contributed by atoms with Gasteiger partial charge in [0.15, 0.2) is 0 Å². The normalized spacial score (nSPS) is 10.7. The number of nitrogens with one attached hydrogen (secondary N) is 1. The molecule has 134 valence electrons. The van der Waals surface area contributed by atoms with E-state index in [1.807, 2.05) is 79.7 Å². The number of thiophene rings is 1. The number of halogens is 1. The molecule has 27 heavy (non-hydrogen) atoms. The van der Waals surface area contributed by atoms with E-state index in [2.05, 4.69) is 5.32 Å². The third-order valence-electron chi connectivity index (χ3n) is 4.08. The fourth-order valence-corrected chi connectivity index (χ4v) is 4.25. The van der Waals surface area contributed by atoms with Crippen molar-refractivity contribution in [2.24, 2.45) is 0 Å². The van der Waals surface area contributed by atoms with Gasteiger partial charge in [-0.15, -0.1) is 11.3 Å². The van der Waals surface area contributed by atoms with E-state index in [1.54, 1.807) is 0 Å². The van der Waals surface area contributed by atoms with E-state index in [0.29, 0.717) is 21.3 Å². The largest absolute Gasteiger partial charge is 0.457 e. The average molecular weight is 394 g/mol. The molecule has 0 bridgehead atoms. The Morgan fingerprint density at radius 2 is 1.67 bits per heavy atom. The van der Waals surface area contributed by atoms with Crippen molar-refractivity contribution in [3.63, 3.8) is 0 Å². The molecule has 4 rings (SSSR count). The maximum absolute atomic E-state index is 12.6. The molecule has 0 aliphatic rings. The summed E-state index contributed by atoms with van der Waals surface area (Å²) in [7, 11) is 0. The Morgan fingerprint density at radius 3 is 2.41 bits per heavy atom. The number of fused-ring (bicyclic) bond motifs is 1. The van der Waals surface area contributed by atoms with Gasteiger partial charge in [-0.05, 0) is 55.0 Å². The maximum Gasteiger partial charge on any atom is 0.267 e. The standard InChI is InChI=1S/C22H16ClNO2S/c1-14-7-12-18-19(13-14)27-21(20(18)23)22(25)24-15-8-10-17(11-9-15)26-16-5-3-2-4-6-16/h2-13H,1H3,(H,24,25). The minimum atomic E-state index is -0.212. The van der Waals surface area contributed by atoms with Gasteiger partial charge in [0.1, 0.15) is 16.4 Å². The second-order valence-corrected chi connectivity index (χ2v) is 7.57. The highest BCUT2D eigenvalue weighted by atomic mass is 35.5. The lowest BCUT2D eigenvalue weighted by atomic mass is 10.2. The number of aryl methyl sites for hydroxylation is 1. The van der Waals surface area contributed by atoms with Crippen LogP contribution in [-0.4, -0.2) is 5.91 Å². The fourth-order valence-electron chi connectivity index (χ4n) is 2.74. The highest BCUT2D eigenvalue weighted by molar-refractivity contribution is 7.21. The molecule has 0 spiro atoms. The van der Waals surface area contributed by atoms with Crippen LogP contribution in [0.4, 0.5) is 5.69 Å². The molecular formula is C22H16ClNO2S. The lowest BCUT2D eigenvalue weighted by Gasteiger charge is -2.07. The van der Waals surface area contributed by atoms with E-state index in [1.165, 1.54) is 11.3 Å². The smallest absolute Gasteiger partial charge is 0.267 e. The van der Waals surface area contributed by atoms with Gasteiger partial charge >= 0.3 is 0 Å². The number of rotatable bonds is 4. The van der Waals surface area contributed by atoms with Gasteiger partial charge in [-0.1, -0.05) is 41.9 Å². The molecular weight excluding hydrogens is 378 g/mol. The Labute approximate surface area is 166 Å². The molecule has 0 fully saturated rings. The number of carbonyl (C=O) groups is 1. The van der Waals surface area contributed by atoms with Crippen LogP contribution in [-0.2, 0) is 0 Å². The van der Waals surface area contributed by atoms with E-state index < -0.39 is 0 Å². The molecule has 0 atom stereocenters. The number of hydrogen-bond donors (Lipinski definition) is 1. The molecule has 4 aromatic rings. The summed E-state index contributed by atoms with van der Waals surface area (Å²) >= 11 is 7.82. The number of ether oxygens (including phenoxy) is 1. The number of benzene rings is 3. The van der Waals surface area contributed by atoms with Crippen LogP contribution in [0.5, 0.6) is 11.5 Å². The first-order valence-electron chi connectivity index (χ1n) is 8.43. The average Bonchev–Trinajstić information content (AvgIpc) is 3.00. The van der Waals surface area contributed by atoms with Crippen LogP contribution in [0.2, 0.25) is 5.02 Å². The van der Waals surface area contributed by atoms with Gasteiger partial charge in [0.05, 0.1) is 5.02 Å². The summed E-state index contributed by atoms with van der Waals surface area (Å²) in [6.07, 6.45) is 0. The molecule has 1 N–H and O–H groups in total. The zero-order valence-electron chi connectivity index (χ0n) is 14.5. The lowest BCUT2D eigenvalue weighted by molar-refractivity contribution is 0.103. The van der Waals surface area contributed by atoms with Crippen LogP contribution >= 0.6 is 22.9 Å². The number of carbonyl (C=O) groups excluding carboxylic acids is 1. The zero-order valence-corrected chi connectivity index (χ0v) is 16.1. The van der Waals surface area contributed by atoms with Gasteiger partial charge in [0.25, 0.3) is 5.91 Å². The van der Waals surface area contributed by atoms with Crippen molar-refractivity contribution in [3.05, 3.63) is 88.3 Å². The Kier molecular flexibility index (Phi) is 4.84. The van der Waals surface area contributed by atoms with Crippen LogP contribution in [0.1, 0.15) is 15.2 Å². The van der Waals surface area contributed by atoms with E-state index in [0.717, 1.165) is 21.4 Å². The van der Waals surface area contributed by atoms with Gasteiger partial charge in [-0.25, -0.2) is 0 Å². The van der Waals surface area contributed by atoms with Crippen molar-refractivity contribution in [2.75, 3.05) is 5.32 Å². The number of amides is 1. The first-order chi connectivity index (χ1) is 13.1. The summed E-state index contributed by atoms with van der Waals surface area (Å²) in [5.74, 6) is 1.26. The monoisotopic (exact) mass is 393 g/mol. The Balaban J connectivity index is 1.50. The maximum atomic E-state index is 12.6. The summed E-state index contributed by atoms with van der Waals surface area (Å²) in [4.78, 5) is 13.2. The van der Waals surface area contributed by atoms with Crippen LogP contribution in [0.25, 0.3) is 10.1 Å². The van der Waals surface area contributed by atoms with Crippen LogP contribution in [0.3, 0.4) is 0 Å². The van der Waals surface area contributed by atoms with E-state index >= 15 is 0 Å². The van der Waals surface area contributed by atoms with Gasteiger partial charge < -0.3 is 10.1 Å². The van der Waals surface area contributed by atoms with Crippen molar-refractivity contribution in [3.8, 4) is 11.5 Å². The van der Waals surface area contributed by atoms with Gasteiger partial charge in [-0.2, -0.15) is 0 Å². The summed E-state index contributed by atoms with van der Waals surface area (Å²) in [5, 5.41) is 4.30. The highest BCUT2D eigenvalue weighted by Crippen LogP contribution is 2.36. The summed E-state index contributed by atoms with van der Waals surface area (Å²) in [5.41, 5.74) is 1.83. The van der Waals surface area contributed by atoms with Crippen molar-refractivity contribution in [2.45, 2.75) is 6.92 Å². The minimum absolute atomic E-state index is 0.212. The second kappa shape index (κ2) is 7.43. The second-order valence-electron chi connectivity index (χ2n) is 6.14. The van der Waals surface area contributed by atoms with Gasteiger partial charge in [-0.3, -0.25) is 4.79 Å². The van der Waals surface area contributed by atoms with Crippen molar-refractivity contribution in [1.29, 1.82) is 0 Å². The molecule has 1 amide bonds. The number of anilines is 1. The summed E-state index contributed by atoms with van der Waals surface area (Å²) in [6.45, 7) is 2.02. The summed E-state index contributed by atoms with van der Waals surface area (Å²) < 4.78 is 6.77.